The first-order valence-corrected chi connectivity index (χ1v) is 6.75. The third-order valence-electron chi connectivity index (χ3n) is 2.29. The van der Waals surface area contributed by atoms with Gasteiger partial charge in [0.15, 0.2) is 0 Å². The van der Waals surface area contributed by atoms with Crippen molar-refractivity contribution >= 4 is 17.2 Å². The van der Waals surface area contributed by atoms with Gasteiger partial charge in [-0.2, -0.15) is 0 Å². The number of rotatable bonds is 6. The highest BCUT2D eigenvalue weighted by atomic mass is 32.1. The van der Waals surface area contributed by atoms with Gasteiger partial charge in [0.2, 0.25) is 0 Å². The van der Waals surface area contributed by atoms with Crippen LogP contribution in [0.4, 0.5) is 0 Å². The average molecular weight is 283 g/mol. The van der Waals surface area contributed by atoms with Gasteiger partial charge < -0.3 is 20.2 Å². The van der Waals surface area contributed by atoms with Crippen molar-refractivity contribution < 1.29 is 20.1 Å². The summed E-state index contributed by atoms with van der Waals surface area (Å²) in [5.41, 5.74) is 0. The Kier molecular flexibility index (Phi) is 7.15. The summed E-state index contributed by atoms with van der Waals surface area (Å²) in [5.74, 6) is 5.43. The third-order valence-corrected chi connectivity index (χ3v) is 3.28. The van der Waals surface area contributed by atoms with Crippen LogP contribution in [-0.2, 0) is 0 Å². The van der Waals surface area contributed by atoms with Gasteiger partial charge >= 0.3 is 0 Å². The van der Waals surface area contributed by atoms with Crippen LogP contribution in [0.1, 0.15) is 21.0 Å². The van der Waals surface area contributed by atoms with Gasteiger partial charge in [-0.25, -0.2) is 0 Å². The molecule has 0 aliphatic carbocycles. The van der Waals surface area contributed by atoms with Crippen molar-refractivity contribution in [2.24, 2.45) is 0 Å². The summed E-state index contributed by atoms with van der Waals surface area (Å²) in [6.07, 6.45) is 0.405. The summed E-state index contributed by atoms with van der Waals surface area (Å²) in [7, 11) is 0. The molecular formula is C13H17NO4S. The van der Waals surface area contributed by atoms with Crippen LogP contribution in [0.3, 0.4) is 0 Å². The van der Waals surface area contributed by atoms with E-state index in [0.29, 0.717) is 11.3 Å². The van der Waals surface area contributed by atoms with Crippen LogP contribution in [0.15, 0.2) is 12.1 Å². The molecule has 6 heteroatoms. The molecule has 0 saturated heterocycles. The van der Waals surface area contributed by atoms with E-state index in [2.05, 4.69) is 11.8 Å². The first-order valence-electron chi connectivity index (χ1n) is 5.93. The fourth-order valence-electron chi connectivity index (χ4n) is 1.44. The molecule has 0 aliphatic heterocycles. The molecule has 0 bridgehead atoms. The molecule has 0 spiro atoms. The Morgan fingerprint density at radius 1 is 1.16 bits per heavy atom. The predicted molar refractivity (Wildman–Crippen MR) is 73.0 cm³/mol. The average Bonchev–Trinajstić information content (AvgIpc) is 2.87. The minimum absolute atomic E-state index is 0.0188. The molecule has 0 aliphatic rings. The van der Waals surface area contributed by atoms with E-state index in [4.69, 9.17) is 15.3 Å². The number of thiophene rings is 1. The first-order chi connectivity index (χ1) is 9.22. The highest BCUT2D eigenvalue weighted by molar-refractivity contribution is 7.14. The van der Waals surface area contributed by atoms with Gasteiger partial charge in [0.25, 0.3) is 5.91 Å². The number of aliphatic hydroxyl groups is 3. The number of hydrogen-bond acceptors (Lipinski definition) is 5. The first kappa shape index (κ1) is 15.7. The molecule has 0 unspecified atom stereocenters. The van der Waals surface area contributed by atoms with Crippen LogP contribution < -0.4 is 0 Å². The zero-order chi connectivity index (χ0) is 14.1. The summed E-state index contributed by atoms with van der Waals surface area (Å²) in [4.78, 5) is 14.8. The van der Waals surface area contributed by atoms with Gasteiger partial charge in [-0.1, -0.05) is 11.8 Å². The molecule has 3 N–H and O–H groups in total. The van der Waals surface area contributed by atoms with Gasteiger partial charge in [0, 0.05) is 19.5 Å². The number of aliphatic hydroxyl groups excluding tert-OH is 3. The lowest BCUT2D eigenvalue weighted by Gasteiger charge is -2.19. The summed E-state index contributed by atoms with van der Waals surface area (Å²) in [6, 6.07) is 3.43. The second-order valence-electron chi connectivity index (χ2n) is 3.68. The summed E-state index contributed by atoms with van der Waals surface area (Å²) >= 11 is 1.26. The van der Waals surface area contributed by atoms with Gasteiger partial charge in [-0.15, -0.1) is 11.3 Å². The molecule has 0 fully saturated rings. The normalized spacial score (nSPS) is 9.84. The van der Waals surface area contributed by atoms with E-state index in [1.807, 2.05) is 0 Å². The Bertz CT molecular complexity index is 455. The fraction of sp³-hybridized carbons (Fsp3) is 0.462. The molecule has 0 atom stereocenters. The molecule has 1 rings (SSSR count). The van der Waals surface area contributed by atoms with E-state index in [1.165, 1.54) is 16.2 Å². The zero-order valence-electron chi connectivity index (χ0n) is 10.5. The van der Waals surface area contributed by atoms with Crippen LogP contribution >= 0.6 is 11.3 Å². The smallest absolute Gasteiger partial charge is 0.264 e. The quantitative estimate of drug-likeness (QED) is 0.637. The summed E-state index contributed by atoms with van der Waals surface area (Å²) < 4.78 is 0. The van der Waals surface area contributed by atoms with Gasteiger partial charge in [-0.05, 0) is 12.1 Å². The van der Waals surface area contributed by atoms with Crippen molar-refractivity contribution in [3.05, 3.63) is 21.9 Å². The number of carbonyl (C=O) groups excluding carboxylic acids is 1. The lowest BCUT2D eigenvalue weighted by molar-refractivity contribution is 0.0689. The minimum Gasteiger partial charge on any atom is -0.395 e. The van der Waals surface area contributed by atoms with Gasteiger partial charge in [0.05, 0.1) is 29.6 Å². The highest BCUT2D eigenvalue weighted by Gasteiger charge is 2.16. The summed E-state index contributed by atoms with van der Waals surface area (Å²) in [5, 5.41) is 26.4. The maximum absolute atomic E-state index is 12.1. The van der Waals surface area contributed by atoms with E-state index in [0.717, 1.165) is 4.88 Å². The number of amides is 1. The van der Waals surface area contributed by atoms with Crippen molar-refractivity contribution in [1.29, 1.82) is 0 Å². The van der Waals surface area contributed by atoms with E-state index >= 15 is 0 Å². The van der Waals surface area contributed by atoms with Crippen LogP contribution in [0.2, 0.25) is 0 Å². The lowest BCUT2D eigenvalue weighted by Crippen LogP contribution is -2.35. The van der Waals surface area contributed by atoms with Crippen LogP contribution in [0, 0.1) is 11.8 Å². The summed E-state index contributed by atoms with van der Waals surface area (Å²) in [6.45, 7) is 0.136. The Balaban J connectivity index is 2.74. The maximum atomic E-state index is 12.1. The SMILES string of the molecule is O=C(c1ccc(C#CCCO)s1)N(CCO)CCO. The molecule has 1 heterocycles. The Hall–Kier alpha value is -1.39. The Labute approximate surface area is 116 Å². The van der Waals surface area contributed by atoms with Gasteiger partial charge in [0.1, 0.15) is 0 Å². The zero-order valence-corrected chi connectivity index (χ0v) is 11.3. The lowest BCUT2D eigenvalue weighted by atomic mass is 10.3. The van der Waals surface area contributed by atoms with Crippen molar-refractivity contribution in [3.8, 4) is 11.8 Å². The van der Waals surface area contributed by atoms with E-state index in [1.54, 1.807) is 12.1 Å². The van der Waals surface area contributed by atoms with Crippen molar-refractivity contribution in [2.45, 2.75) is 6.42 Å². The van der Waals surface area contributed by atoms with Crippen LogP contribution in [-0.4, -0.2) is 59.0 Å². The predicted octanol–water partition coefficient (Wildman–Crippen LogP) is -0.0912. The van der Waals surface area contributed by atoms with Gasteiger partial charge in [-0.3, -0.25) is 4.79 Å². The molecular weight excluding hydrogens is 266 g/mol. The monoisotopic (exact) mass is 283 g/mol. The number of carbonyl (C=O) groups is 1. The number of hydrogen-bond donors (Lipinski definition) is 3. The van der Waals surface area contributed by atoms with Crippen molar-refractivity contribution in [1.82, 2.24) is 4.90 Å². The second-order valence-corrected chi connectivity index (χ2v) is 4.76. The Morgan fingerprint density at radius 3 is 2.42 bits per heavy atom. The molecule has 0 radical (unpaired) electrons. The van der Waals surface area contributed by atoms with E-state index in [-0.39, 0.29) is 38.8 Å². The maximum Gasteiger partial charge on any atom is 0.264 e. The molecule has 1 aromatic rings. The highest BCUT2D eigenvalue weighted by Crippen LogP contribution is 2.17. The molecule has 0 saturated carbocycles. The van der Waals surface area contributed by atoms with Crippen molar-refractivity contribution in [3.63, 3.8) is 0 Å². The fourth-order valence-corrected chi connectivity index (χ4v) is 2.29. The molecule has 1 amide bonds. The van der Waals surface area contributed by atoms with E-state index < -0.39 is 0 Å². The second kappa shape index (κ2) is 8.67. The topological polar surface area (TPSA) is 81.0 Å². The van der Waals surface area contributed by atoms with Crippen LogP contribution in [0.5, 0.6) is 0 Å². The largest absolute Gasteiger partial charge is 0.395 e. The molecule has 104 valence electrons. The minimum atomic E-state index is -0.219. The molecule has 0 aromatic carbocycles. The third kappa shape index (κ3) is 5.01. The molecule has 1 aromatic heterocycles. The standard InChI is InChI=1S/C13H17NO4S/c15-8-2-1-3-11-4-5-12(19-11)13(18)14(6-9-16)7-10-17/h4-5,15-17H,2,6-10H2. The van der Waals surface area contributed by atoms with Crippen molar-refractivity contribution in [2.75, 3.05) is 32.9 Å². The van der Waals surface area contributed by atoms with Crippen LogP contribution in [0.25, 0.3) is 0 Å². The van der Waals surface area contributed by atoms with E-state index in [9.17, 15) is 4.79 Å². The Morgan fingerprint density at radius 2 is 1.84 bits per heavy atom. The molecule has 5 nitrogen and oxygen atoms in total. The molecule has 19 heavy (non-hydrogen) atoms. The number of nitrogens with zero attached hydrogens (tertiary/aromatic N) is 1.